The van der Waals surface area contributed by atoms with Crippen molar-refractivity contribution in [1.29, 1.82) is 0 Å². The first kappa shape index (κ1) is 15.6. The number of hydrogen-bond acceptors (Lipinski definition) is 2. The zero-order valence-electron chi connectivity index (χ0n) is 12.9. The topological polar surface area (TPSA) is 29.5 Å². The van der Waals surface area contributed by atoms with E-state index >= 15 is 0 Å². The van der Waals surface area contributed by atoms with Crippen molar-refractivity contribution in [2.24, 2.45) is 0 Å². The molecule has 0 aromatic heterocycles. The van der Waals surface area contributed by atoms with Crippen LogP contribution in [0.3, 0.4) is 0 Å². The molecule has 2 nitrogen and oxygen atoms in total. The molecule has 21 heavy (non-hydrogen) atoms. The summed E-state index contributed by atoms with van der Waals surface area (Å²) < 4.78 is 5.93. The van der Waals surface area contributed by atoms with Gasteiger partial charge < -0.3 is 9.84 Å². The molecular weight excluding hydrogens is 260 g/mol. The van der Waals surface area contributed by atoms with Crippen molar-refractivity contribution >= 4 is 0 Å². The number of ether oxygens (including phenoxy) is 1. The quantitative estimate of drug-likeness (QED) is 0.751. The molecule has 0 amide bonds. The molecule has 0 spiro atoms. The van der Waals surface area contributed by atoms with Crippen LogP contribution in [0.5, 0.6) is 11.5 Å². The van der Waals surface area contributed by atoms with Crippen molar-refractivity contribution in [2.75, 3.05) is 0 Å². The Hall–Kier alpha value is -1.80. The zero-order chi connectivity index (χ0) is 15.1. The van der Waals surface area contributed by atoms with Crippen molar-refractivity contribution < 1.29 is 9.84 Å². The third kappa shape index (κ3) is 4.33. The molecule has 1 N–H and O–H groups in total. The SMILES string of the molecule is CCCCc1ccc(Oc2ccccc2C(O)CC)cc1. The van der Waals surface area contributed by atoms with Crippen LogP contribution < -0.4 is 4.74 Å². The molecule has 112 valence electrons. The molecule has 0 fully saturated rings. The molecule has 2 aromatic rings. The molecule has 0 heterocycles. The van der Waals surface area contributed by atoms with Crippen LogP contribution in [0.25, 0.3) is 0 Å². The van der Waals surface area contributed by atoms with Crippen molar-refractivity contribution in [3.63, 3.8) is 0 Å². The first-order valence-electron chi connectivity index (χ1n) is 7.78. The van der Waals surface area contributed by atoms with Crippen LogP contribution in [0.2, 0.25) is 0 Å². The van der Waals surface area contributed by atoms with Crippen LogP contribution in [0.1, 0.15) is 50.3 Å². The fourth-order valence-corrected chi connectivity index (χ4v) is 2.30. The fraction of sp³-hybridized carbons (Fsp3) is 0.368. The first-order valence-corrected chi connectivity index (χ1v) is 7.78. The molecule has 2 heteroatoms. The summed E-state index contributed by atoms with van der Waals surface area (Å²) in [5, 5.41) is 10.0. The second-order valence-corrected chi connectivity index (χ2v) is 5.31. The molecule has 0 aliphatic rings. The molecule has 1 unspecified atom stereocenters. The Kier molecular flexibility index (Phi) is 5.82. The summed E-state index contributed by atoms with van der Waals surface area (Å²) in [7, 11) is 0. The minimum Gasteiger partial charge on any atom is -0.457 e. The molecule has 2 aromatic carbocycles. The Morgan fingerprint density at radius 2 is 1.71 bits per heavy atom. The number of aliphatic hydroxyl groups is 1. The van der Waals surface area contributed by atoms with Gasteiger partial charge in [-0.1, -0.05) is 50.6 Å². The molecule has 0 radical (unpaired) electrons. The Bertz CT molecular complexity index is 546. The Morgan fingerprint density at radius 1 is 1.00 bits per heavy atom. The van der Waals surface area contributed by atoms with Gasteiger partial charge in [0.2, 0.25) is 0 Å². The number of benzene rings is 2. The third-order valence-electron chi connectivity index (χ3n) is 3.63. The lowest BCUT2D eigenvalue weighted by Gasteiger charge is -2.14. The Balaban J connectivity index is 2.11. The van der Waals surface area contributed by atoms with Gasteiger partial charge in [0.05, 0.1) is 6.10 Å². The zero-order valence-corrected chi connectivity index (χ0v) is 12.9. The van der Waals surface area contributed by atoms with E-state index in [0.29, 0.717) is 6.42 Å². The van der Waals surface area contributed by atoms with E-state index in [0.717, 1.165) is 23.5 Å². The predicted octanol–water partition coefficient (Wildman–Crippen LogP) is 5.26. The highest BCUT2D eigenvalue weighted by atomic mass is 16.5. The number of rotatable bonds is 7. The molecular formula is C19H24O2. The monoisotopic (exact) mass is 284 g/mol. The summed E-state index contributed by atoms with van der Waals surface area (Å²) in [6.07, 6.45) is 3.73. The van der Waals surface area contributed by atoms with Gasteiger partial charge in [0.15, 0.2) is 0 Å². The highest BCUT2D eigenvalue weighted by molar-refractivity contribution is 5.39. The molecule has 1 atom stereocenters. The van der Waals surface area contributed by atoms with E-state index in [1.165, 1.54) is 18.4 Å². The van der Waals surface area contributed by atoms with E-state index in [1.807, 2.05) is 43.3 Å². The predicted molar refractivity (Wildman–Crippen MR) is 86.8 cm³/mol. The van der Waals surface area contributed by atoms with Gasteiger partial charge >= 0.3 is 0 Å². The van der Waals surface area contributed by atoms with E-state index in [9.17, 15) is 5.11 Å². The van der Waals surface area contributed by atoms with Crippen LogP contribution in [0.4, 0.5) is 0 Å². The van der Waals surface area contributed by atoms with E-state index in [-0.39, 0.29) is 0 Å². The molecule has 2 rings (SSSR count). The Morgan fingerprint density at radius 3 is 2.38 bits per heavy atom. The summed E-state index contributed by atoms with van der Waals surface area (Å²) in [6.45, 7) is 4.16. The number of aliphatic hydroxyl groups excluding tert-OH is 1. The summed E-state index contributed by atoms with van der Waals surface area (Å²) >= 11 is 0. The summed E-state index contributed by atoms with van der Waals surface area (Å²) in [5.41, 5.74) is 2.18. The maximum atomic E-state index is 10.0. The fourth-order valence-electron chi connectivity index (χ4n) is 2.30. The van der Waals surface area contributed by atoms with Crippen molar-refractivity contribution in [2.45, 2.75) is 45.6 Å². The van der Waals surface area contributed by atoms with Gasteiger partial charge in [-0.05, 0) is 43.0 Å². The Labute approximate surface area is 127 Å². The van der Waals surface area contributed by atoms with Gasteiger partial charge in [-0.15, -0.1) is 0 Å². The number of para-hydroxylation sites is 1. The number of aryl methyl sites for hydroxylation is 1. The van der Waals surface area contributed by atoms with Crippen LogP contribution in [0.15, 0.2) is 48.5 Å². The lowest BCUT2D eigenvalue weighted by molar-refractivity contribution is 0.170. The first-order chi connectivity index (χ1) is 10.2. The second-order valence-electron chi connectivity index (χ2n) is 5.31. The standard InChI is InChI=1S/C19H24O2/c1-3-5-8-15-11-13-16(14-12-15)21-19-10-7-6-9-17(19)18(20)4-2/h6-7,9-14,18,20H,3-5,8H2,1-2H3. The highest BCUT2D eigenvalue weighted by Crippen LogP contribution is 2.31. The minimum absolute atomic E-state index is 0.481. The largest absolute Gasteiger partial charge is 0.457 e. The summed E-state index contributed by atoms with van der Waals surface area (Å²) in [6, 6.07) is 15.9. The summed E-state index contributed by atoms with van der Waals surface area (Å²) in [4.78, 5) is 0. The van der Waals surface area contributed by atoms with Crippen LogP contribution >= 0.6 is 0 Å². The smallest absolute Gasteiger partial charge is 0.133 e. The average molecular weight is 284 g/mol. The van der Waals surface area contributed by atoms with Gasteiger partial charge in [-0.25, -0.2) is 0 Å². The lowest BCUT2D eigenvalue weighted by Crippen LogP contribution is -1.98. The molecule has 0 bridgehead atoms. The molecule has 0 saturated heterocycles. The van der Waals surface area contributed by atoms with E-state index in [2.05, 4.69) is 19.1 Å². The van der Waals surface area contributed by atoms with Crippen LogP contribution in [-0.2, 0) is 6.42 Å². The molecule has 0 saturated carbocycles. The third-order valence-corrected chi connectivity index (χ3v) is 3.63. The molecule has 0 aliphatic heterocycles. The van der Waals surface area contributed by atoms with Crippen LogP contribution in [0, 0.1) is 0 Å². The maximum Gasteiger partial charge on any atom is 0.133 e. The van der Waals surface area contributed by atoms with Gasteiger partial charge in [-0.3, -0.25) is 0 Å². The lowest BCUT2D eigenvalue weighted by atomic mass is 10.1. The van der Waals surface area contributed by atoms with Gasteiger partial charge in [0.1, 0.15) is 11.5 Å². The minimum atomic E-state index is -0.481. The second kappa shape index (κ2) is 7.84. The van der Waals surface area contributed by atoms with Gasteiger partial charge in [0.25, 0.3) is 0 Å². The van der Waals surface area contributed by atoms with Crippen molar-refractivity contribution in [3.05, 3.63) is 59.7 Å². The maximum absolute atomic E-state index is 10.0. The van der Waals surface area contributed by atoms with E-state index in [4.69, 9.17) is 4.74 Å². The van der Waals surface area contributed by atoms with Gasteiger partial charge in [0, 0.05) is 5.56 Å². The summed E-state index contributed by atoms with van der Waals surface area (Å²) in [5.74, 6) is 1.54. The van der Waals surface area contributed by atoms with Gasteiger partial charge in [-0.2, -0.15) is 0 Å². The van der Waals surface area contributed by atoms with Crippen molar-refractivity contribution in [3.8, 4) is 11.5 Å². The average Bonchev–Trinajstić information content (AvgIpc) is 2.54. The normalized spacial score (nSPS) is 12.1. The molecule has 0 aliphatic carbocycles. The van der Waals surface area contributed by atoms with E-state index < -0.39 is 6.10 Å². The number of unbranched alkanes of at least 4 members (excludes halogenated alkanes) is 1. The van der Waals surface area contributed by atoms with Crippen molar-refractivity contribution in [1.82, 2.24) is 0 Å². The number of hydrogen-bond donors (Lipinski definition) is 1. The van der Waals surface area contributed by atoms with Crippen LogP contribution in [-0.4, -0.2) is 5.11 Å². The van der Waals surface area contributed by atoms with E-state index in [1.54, 1.807) is 0 Å². The highest BCUT2D eigenvalue weighted by Gasteiger charge is 2.11.